The SMILES string of the molecule is CCc1ccc(C(CC)Nc2nnc(CC)s2)cc1. The molecule has 0 radical (unpaired) electrons. The Morgan fingerprint density at radius 1 is 1.05 bits per heavy atom. The number of aryl methyl sites for hydroxylation is 2. The van der Waals surface area contributed by atoms with E-state index in [2.05, 4.69) is 60.6 Å². The first kappa shape index (κ1) is 14.0. The summed E-state index contributed by atoms with van der Waals surface area (Å²) in [5.74, 6) is 0. The van der Waals surface area contributed by atoms with Crippen molar-refractivity contribution in [2.24, 2.45) is 0 Å². The largest absolute Gasteiger partial charge is 0.353 e. The molecule has 3 nitrogen and oxygen atoms in total. The Morgan fingerprint density at radius 3 is 2.32 bits per heavy atom. The lowest BCUT2D eigenvalue weighted by molar-refractivity contribution is 0.744. The molecule has 0 aliphatic heterocycles. The zero-order valence-electron chi connectivity index (χ0n) is 11.8. The third-order valence-electron chi connectivity index (χ3n) is 3.27. The summed E-state index contributed by atoms with van der Waals surface area (Å²) in [5.41, 5.74) is 2.69. The Kier molecular flexibility index (Phi) is 4.91. The zero-order chi connectivity index (χ0) is 13.7. The summed E-state index contributed by atoms with van der Waals surface area (Å²) in [6.07, 6.45) is 3.06. The summed E-state index contributed by atoms with van der Waals surface area (Å²) in [6.45, 7) is 6.47. The van der Waals surface area contributed by atoms with E-state index in [-0.39, 0.29) is 0 Å². The lowest BCUT2D eigenvalue weighted by Crippen LogP contribution is -2.09. The number of rotatable bonds is 6. The van der Waals surface area contributed by atoms with Gasteiger partial charge < -0.3 is 5.32 Å². The fourth-order valence-corrected chi connectivity index (χ4v) is 2.74. The van der Waals surface area contributed by atoms with E-state index in [0.717, 1.165) is 29.4 Å². The molecule has 1 unspecified atom stereocenters. The Morgan fingerprint density at radius 2 is 1.79 bits per heavy atom. The number of nitrogens with one attached hydrogen (secondary N) is 1. The molecule has 0 saturated heterocycles. The van der Waals surface area contributed by atoms with Gasteiger partial charge in [-0.3, -0.25) is 0 Å². The Bertz CT molecular complexity index is 504. The van der Waals surface area contributed by atoms with Gasteiger partial charge in [-0.05, 0) is 30.4 Å². The van der Waals surface area contributed by atoms with Gasteiger partial charge in [-0.25, -0.2) is 0 Å². The van der Waals surface area contributed by atoms with Gasteiger partial charge >= 0.3 is 0 Å². The average Bonchev–Trinajstić information content (AvgIpc) is 2.92. The molecule has 0 aliphatic rings. The average molecular weight is 275 g/mol. The molecule has 4 heteroatoms. The van der Waals surface area contributed by atoms with Crippen molar-refractivity contribution in [3.63, 3.8) is 0 Å². The van der Waals surface area contributed by atoms with Gasteiger partial charge in [0.15, 0.2) is 0 Å². The highest BCUT2D eigenvalue weighted by atomic mass is 32.1. The van der Waals surface area contributed by atoms with Gasteiger partial charge in [-0.1, -0.05) is 56.4 Å². The monoisotopic (exact) mass is 275 g/mol. The minimum atomic E-state index is 0.309. The van der Waals surface area contributed by atoms with Crippen LogP contribution in [0.1, 0.15) is 49.4 Å². The molecule has 1 aromatic carbocycles. The number of hydrogen-bond acceptors (Lipinski definition) is 4. The van der Waals surface area contributed by atoms with E-state index in [1.807, 2.05) is 0 Å². The number of anilines is 1. The molecule has 102 valence electrons. The van der Waals surface area contributed by atoms with E-state index in [4.69, 9.17) is 0 Å². The predicted octanol–water partition coefficient (Wildman–Crippen LogP) is 4.23. The molecule has 2 aromatic rings. The molecule has 1 atom stereocenters. The maximum absolute atomic E-state index is 4.19. The smallest absolute Gasteiger partial charge is 0.206 e. The van der Waals surface area contributed by atoms with Crippen LogP contribution in [0.5, 0.6) is 0 Å². The lowest BCUT2D eigenvalue weighted by atomic mass is 10.0. The number of benzene rings is 1. The van der Waals surface area contributed by atoms with Crippen LogP contribution in [-0.2, 0) is 12.8 Å². The van der Waals surface area contributed by atoms with Crippen molar-refractivity contribution >= 4 is 16.5 Å². The van der Waals surface area contributed by atoms with Gasteiger partial charge in [0, 0.05) is 0 Å². The molecule has 0 spiro atoms. The first-order chi connectivity index (χ1) is 9.26. The minimum Gasteiger partial charge on any atom is -0.353 e. The zero-order valence-corrected chi connectivity index (χ0v) is 12.6. The van der Waals surface area contributed by atoms with Crippen molar-refractivity contribution in [1.29, 1.82) is 0 Å². The second-order valence-electron chi connectivity index (χ2n) is 4.55. The van der Waals surface area contributed by atoms with Crippen molar-refractivity contribution in [3.8, 4) is 0 Å². The summed E-state index contributed by atoms with van der Waals surface area (Å²) in [5, 5.41) is 13.8. The molecule has 0 amide bonds. The topological polar surface area (TPSA) is 37.8 Å². The predicted molar refractivity (Wildman–Crippen MR) is 81.8 cm³/mol. The van der Waals surface area contributed by atoms with Crippen LogP contribution in [0.2, 0.25) is 0 Å². The van der Waals surface area contributed by atoms with Crippen LogP contribution in [-0.4, -0.2) is 10.2 Å². The molecule has 0 aliphatic carbocycles. The van der Waals surface area contributed by atoms with Crippen LogP contribution in [0.15, 0.2) is 24.3 Å². The first-order valence-corrected chi connectivity index (χ1v) is 7.76. The van der Waals surface area contributed by atoms with Crippen molar-refractivity contribution in [2.75, 3.05) is 5.32 Å². The van der Waals surface area contributed by atoms with E-state index >= 15 is 0 Å². The van der Waals surface area contributed by atoms with Gasteiger partial charge in [0.1, 0.15) is 5.01 Å². The highest BCUT2D eigenvalue weighted by molar-refractivity contribution is 7.15. The number of aromatic nitrogens is 2. The standard InChI is InChI=1S/C15H21N3S/c1-4-11-7-9-12(10-8-11)13(5-2)16-15-18-17-14(6-3)19-15/h7-10,13H,4-6H2,1-3H3,(H,16,18). The van der Waals surface area contributed by atoms with Crippen LogP contribution in [0.3, 0.4) is 0 Å². The molecule has 1 heterocycles. The van der Waals surface area contributed by atoms with Crippen LogP contribution >= 0.6 is 11.3 Å². The Balaban J connectivity index is 2.10. The quantitative estimate of drug-likeness (QED) is 0.857. The second-order valence-corrected chi connectivity index (χ2v) is 5.62. The summed E-state index contributed by atoms with van der Waals surface area (Å²) in [4.78, 5) is 0. The molecule has 0 saturated carbocycles. The first-order valence-electron chi connectivity index (χ1n) is 6.94. The van der Waals surface area contributed by atoms with Gasteiger partial charge in [0.2, 0.25) is 5.13 Å². The fraction of sp³-hybridized carbons (Fsp3) is 0.467. The van der Waals surface area contributed by atoms with E-state index in [9.17, 15) is 0 Å². The Labute approximate surface area is 119 Å². The highest BCUT2D eigenvalue weighted by Gasteiger charge is 2.11. The molecular formula is C15H21N3S. The number of hydrogen-bond donors (Lipinski definition) is 1. The highest BCUT2D eigenvalue weighted by Crippen LogP contribution is 2.25. The van der Waals surface area contributed by atoms with Gasteiger partial charge in [-0.15, -0.1) is 10.2 Å². The third kappa shape index (κ3) is 3.53. The Hall–Kier alpha value is -1.42. The second kappa shape index (κ2) is 6.66. The molecule has 19 heavy (non-hydrogen) atoms. The maximum Gasteiger partial charge on any atom is 0.206 e. The summed E-state index contributed by atoms with van der Waals surface area (Å²) in [7, 11) is 0. The fourth-order valence-electron chi connectivity index (χ4n) is 2.01. The minimum absolute atomic E-state index is 0.309. The van der Waals surface area contributed by atoms with Gasteiger partial charge in [0.25, 0.3) is 0 Å². The van der Waals surface area contributed by atoms with Crippen molar-refractivity contribution in [2.45, 2.75) is 46.1 Å². The normalized spacial score (nSPS) is 12.4. The maximum atomic E-state index is 4.19. The molecular weight excluding hydrogens is 254 g/mol. The summed E-state index contributed by atoms with van der Waals surface area (Å²) in [6, 6.07) is 9.14. The van der Waals surface area contributed by atoms with Crippen molar-refractivity contribution in [3.05, 3.63) is 40.4 Å². The van der Waals surface area contributed by atoms with Crippen LogP contribution in [0.25, 0.3) is 0 Å². The number of nitrogens with zero attached hydrogens (tertiary/aromatic N) is 2. The van der Waals surface area contributed by atoms with Crippen LogP contribution < -0.4 is 5.32 Å². The van der Waals surface area contributed by atoms with E-state index < -0.39 is 0 Å². The lowest BCUT2D eigenvalue weighted by Gasteiger charge is -2.16. The third-order valence-corrected chi connectivity index (χ3v) is 4.26. The van der Waals surface area contributed by atoms with E-state index in [1.165, 1.54) is 11.1 Å². The molecule has 0 fully saturated rings. The molecule has 1 aromatic heterocycles. The van der Waals surface area contributed by atoms with Crippen LogP contribution in [0, 0.1) is 0 Å². The van der Waals surface area contributed by atoms with Crippen molar-refractivity contribution in [1.82, 2.24) is 10.2 Å². The van der Waals surface area contributed by atoms with Gasteiger partial charge in [0.05, 0.1) is 6.04 Å². The molecule has 0 bridgehead atoms. The van der Waals surface area contributed by atoms with Crippen molar-refractivity contribution < 1.29 is 0 Å². The van der Waals surface area contributed by atoms with Crippen LogP contribution in [0.4, 0.5) is 5.13 Å². The molecule has 2 rings (SSSR count). The summed E-state index contributed by atoms with van der Waals surface area (Å²) >= 11 is 1.65. The van der Waals surface area contributed by atoms with E-state index in [1.54, 1.807) is 11.3 Å². The van der Waals surface area contributed by atoms with E-state index in [0.29, 0.717) is 6.04 Å². The molecule has 1 N–H and O–H groups in total. The summed E-state index contributed by atoms with van der Waals surface area (Å²) < 4.78 is 0. The van der Waals surface area contributed by atoms with Gasteiger partial charge in [-0.2, -0.15) is 0 Å².